The molecule has 22 heavy (non-hydrogen) atoms. The van der Waals surface area contributed by atoms with Crippen molar-refractivity contribution in [3.05, 3.63) is 60.2 Å². The minimum atomic E-state index is 0.540. The van der Waals surface area contributed by atoms with Crippen LogP contribution in [-0.4, -0.2) is 26.1 Å². The molecule has 0 unspecified atom stereocenters. The summed E-state index contributed by atoms with van der Waals surface area (Å²) in [5, 5.41) is 11.9. The van der Waals surface area contributed by atoms with Gasteiger partial charge in [-0.05, 0) is 23.8 Å². The molecule has 3 heterocycles. The van der Waals surface area contributed by atoms with Crippen molar-refractivity contribution < 1.29 is 4.74 Å². The lowest BCUT2D eigenvalue weighted by molar-refractivity contribution is 0.298. The molecule has 1 aromatic carbocycles. The molecule has 6 heteroatoms. The Bertz CT molecular complexity index is 745. The van der Waals surface area contributed by atoms with Crippen LogP contribution >= 0.6 is 0 Å². The number of benzene rings is 1. The van der Waals surface area contributed by atoms with Crippen LogP contribution in [0.1, 0.15) is 11.3 Å². The first kappa shape index (κ1) is 13.1. The van der Waals surface area contributed by atoms with Gasteiger partial charge in [-0.3, -0.25) is 4.68 Å². The second-order valence-corrected chi connectivity index (χ2v) is 5.26. The standard InChI is InChI=1S/C16H17N5O/c1-6-18-20(8-1)14-4-2-13(3-5-14)12-22-16-11-19-21-9-7-17-10-15(16)21/h1-6,8,11,17H,7,9-10,12H2. The van der Waals surface area contributed by atoms with Gasteiger partial charge >= 0.3 is 0 Å². The van der Waals surface area contributed by atoms with Crippen molar-refractivity contribution in [2.24, 2.45) is 0 Å². The molecule has 1 aliphatic heterocycles. The monoisotopic (exact) mass is 295 g/mol. The maximum atomic E-state index is 5.92. The Morgan fingerprint density at radius 3 is 2.91 bits per heavy atom. The number of aromatic nitrogens is 4. The van der Waals surface area contributed by atoms with Gasteiger partial charge in [-0.15, -0.1) is 0 Å². The van der Waals surface area contributed by atoms with Crippen molar-refractivity contribution in [1.29, 1.82) is 0 Å². The third-order valence-electron chi connectivity index (χ3n) is 3.80. The van der Waals surface area contributed by atoms with E-state index in [1.807, 2.05) is 33.8 Å². The van der Waals surface area contributed by atoms with Crippen LogP contribution in [0.25, 0.3) is 5.69 Å². The normalized spacial score (nSPS) is 13.8. The highest BCUT2D eigenvalue weighted by Crippen LogP contribution is 2.21. The van der Waals surface area contributed by atoms with Gasteiger partial charge in [0.15, 0.2) is 5.75 Å². The fraction of sp³-hybridized carbons (Fsp3) is 0.250. The van der Waals surface area contributed by atoms with Gasteiger partial charge in [0.25, 0.3) is 0 Å². The van der Waals surface area contributed by atoms with Crippen molar-refractivity contribution in [3.63, 3.8) is 0 Å². The third kappa shape index (κ3) is 2.48. The summed E-state index contributed by atoms with van der Waals surface area (Å²) in [4.78, 5) is 0. The first-order chi connectivity index (χ1) is 10.9. The molecule has 6 nitrogen and oxygen atoms in total. The van der Waals surface area contributed by atoms with Crippen LogP contribution in [0.2, 0.25) is 0 Å². The molecule has 0 fully saturated rings. The SMILES string of the molecule is c1cnn(-c2ccc(COc3cnn4c3CNCC4)cc2)c1. The fourth-order valence-electron chi connectivity index (χ4n) is 2.60. The quantitative estimate of drug-likeness (QED) is 0.797. The predicted octanol–water partition coefficient (Wildman–Crippen LogP) is 1.75. The van der Waals surface area contributed by atoms with Gasteiger partial charge in [-0.2, -0.15) is 10.2 Å². The van der Waals surface area contributed by atoms with E-state index in [0.717, 1.165) is 42.3 Å². The van der Waals surface area contributed by atoms with Crippen molar-refractivity contribution in [1.82, 2.24) is 24.9 Å². The van der Waals surface area contributed by atoms with Crippen molar-refractivity contribution in [2.45, 2.75) is 19.7 Å². The Morgan fingerprint density at radius 1 is 1.18 bits per heavy atom. The number of nitrogens with zero attached hydrogens (tertiary/aromatic N) is 4. The van der Waals surface area contributed by atoms with Crippen LogP contribution < -0.4 is 10.1 Å². The molecule has 4 rings (SSSR count). The topological polar surface area (TPSA) is 56.9 Å². The highest BCUT2D eigenvalue weighted by Gasteiger charge is 2.15. The van der Waals surface area contributed by atoms with Crippen molar-refractivity contribution in [2.75, 3.05) is 6.54 Å². The molecule has 1 aliphatic rings. The molecule has 112 valence electrons. The number of hydrogen-bond donors (Lipinski definition) is 1. The second kappa shape index (κ2) is 5.65. The van der Waals surface area contributed by atoms with Crippen LogP contribution in [0.4, 0.5) is 0 Å². The van der Waals surface area contributed by atoms with Gasteiger partial charge in [-0.25, -0.2) is 4.68 Å². The smallest absolute Gasteiger partial charge is 0.162 e. The largest absolute Gasteiger partial charge is 0.485 e. The lowest BCUT2D eigenvalue weighted by Gasteiger charge is -2.16. The number of fused-ring (bicyclic) bond motifs is 1. The number of hydrogen-bond acceptors (Lipinski definition) is 4. The molecule has 0 bridgehead atoms. The van der Waals surface area contributed by atoms with Crippen LogP contribution in [0.5, 0.6) is 5.75 Å². The lowest BCUT2D eigenvalue weighted by Crippen LogP contribution is -2.28. The molecule has 0 saturated carbocycles. The molecular weight excluding hydrogens is 278 g/mol. The Labute approximate surface area is 128 Å². The Hall–Kier alpha value is -2.60. The number of ether oxygens (including phenoxy) is 1. The molecule has 0 amide bonds. The number of rotatable bonds is 4. The van der Waals surface area contributed by atoms with Gasteiger partial charge < -0.3 is 10.1 Å². The Balaban J connectivity index is 1.44. The Kier molecular flexibility index (Phi) is 3.36. The highest BCUT2D eigenvalue weighted by molar-refractivity contribution is 5.34. The summed E-state index contributed by atoms with van der Waals surface area (Å²) in [5.41, 5.74) is 3.29. The van der Waals surface area contributed by atoms with Crippen molar-refractivity contribution >= 4 is 0 Å². The van der Waals surface area contributed by atoms with Gasteiger partial charge in [-0.1, -0.05) is 12.1 Å². The number of nitrogens with one attached hydrogen (secondary N) is 1. The summed E-state index contributed by atoms with van der Waals surface area (Å²) in [7, 11) is 0. The summed E-state index contributed by atoms with van der Waals surface area (Å²) >= 11 is 0. The Morgan fingerprint density at radius 2 is 2.09 bits per heavy atom. The molecule has 1 N–H and O–H groups in total. The zero-order valence-electron chi connectivity index (χ0n) is 12.1. The zero-order chi connectivity index (χ0) is 14.8. The van der Waals surface area contributed by atoms with Crippen molar-refractivity contribution in [3.8, 4) is 11.4 Å². The maximum Gasteiger partial charge on any atom is 0.162 e. The highest BCUT2D eigenvalue weighted by atomic mass is 16.5. The van der Waals surface area contributed by atoms with E-state index in [1.54, 1.807) is 12.4 Å². The third-order valence-corrected chi connectivity index (χ3v) is 3.80. The van der Waals surface area contributed by atoms with Crippen LogP contribution in [0.3, 0.4) is 0 Å². The summed E-state index contributed by atoms with van der Waals surface area (Å²) in [6.45, 7) is 3.21. The molecule has 0 saturated heterocycles. The summed E-state index contributed by atoms with van der Waals surface area (Å²) in [5.74, 6) is 0.864. The first-order valence-corrected chi connectivity index (χ1v) is 7.37. The fourth-order valence-corrected chi connectivity index (χ4v) is 2.60. The molecule has 0 radical (unpaired) electrons. The molecule has 3 aromatic rings. The van der Waals surface area contributed by atoms with Crippen LogP contribution in [0.15, 0.2) is 48.9 Å². The van der Waals surface area contributed by atoms with E-state index in [2.05, 4.69) is 27.6 Å². The minimum Gasteiger partial charge on any atom is -0.485 e. The van der Waals surface area contributed by atoms with Crippen LogP contribution in [-0.2, 0) is 19.7 Å². The average Bonchev–Trinajstić information content (AvgIpc) is 3.23. The van der Waals surface area contributed by atoms with E-state index in [1.165, 1.54) is 0 Å². The molecule has 0 spiro atoms. The molecular formula is C16H17N5O. The van der Waals surface area contributed by atoms with Crippen LogP contribution in [0, 0.1) is 0 Å². The zero-order valence-corrected chi connectivity index (χ0v) is 12.1. The molecule has 0 aliphatic carbocycles. The minimum absolute atomic E-state index is 0.540. The van der Waals surface area contributed by atoms with Gasteiger partial charge in [0.2, 0.25) is 0 Å². The second-order valence-electron chi connectivity index (χ2n) is 5.26. The van der Waals surface area contributed by atoms with E-state index in [0.29, 0.717) is 6.61 Å². The summed E-state index contributed by atoms with van der Waals surface area (Å²) in [6, 6.07) is 10.1. The van der Waals surface area contributed by atoms with E-state index in [4.69, 9.17) is 4.74 Å². The van der Waals surface area contributed by atoms with E-state index < -0.39 is 0 Å². The molecule has 0 atom stereocenters. The van der Waals surface area contributed by atoms with Gasteiger partial charge in [0, 0.05) is 25.5 Å². The van der Waals surface area contributed by atoms with Gasteiger partial charge in [0.1, 0.15) is 6.61 Å². The van der Waals surface area contributed by atoms with E-state index >= 15 is 0 Å². The van der Waals surface area contributed by atoms with E-state index in [9.17, 15) is 0 Å². The lowest BCUT2D eigenvalue weighted by atomic mass is 10.2. The summed E-state index contributed by atoms with van der Waals surface area (Å²) in [6.07, 6.45) is 5.51. The maximum absolute atomic E-state index is 5.92. The molecule has 2 aromatic heterocycles. The predicted molar refractivity (Wildman–Crippen MR) is 81.8 cm³/mol. The van der Waals surface area contributed by atoms with Gasteiger partial charge in [0.05, 0.1) is 24.1 Å². The first-order valence-electron chi connectivity index (χ1n) is 7.37. The summed E-state index contributed by atoms with van der Waals surface area (Å²) < 4.78 is 9.76. The van der Waals surface area contributed by atoms with E-state index in [-0.39, 0.29) is 0 Å². The average molecular weight is 295 g/mol.